The molecule has 0 aromatic carbocycles. The number of hydrogen-bond acceptors (Lipinski definition) is 4. The lowest BCUT2D eigenvalue weighted by Crippen LogP contribution is -2.44. The number of carbonyl (C=O) groups excluding carboxylic acids is 1. The summed E-state index contributed by atoms with van der Waals surface area (Å²) in [7, 11) is 1.70. The molecule has 0 spiro atoms. The number of nitrogens with one attached hydrogen (secondary N) is 1. The second-order valence-electron chi connectivity index (χ2n) is 3.95. The van der Waals surface area contributed by atoms with Crippen LogP contribution in [0.25, 0.3) is 0 Å². The molecule has 2 rings (SSSR count). The first-order valence-corrected chi connectivity index (χ1v) is 5.26. The number of carbonyl (C=O) groups is 1. The summed E-state index contributed by atoms with van der Waals surface area (Å²) in [4.78, 5) is 17.5. The zero-order valence-corrected chi connectivity index (χ0v) is 9.13. The van der Waals surface area contributed by atoms with E-state index in [-0.39, 0.29) is 11.9 Å². The Hall–Kier alpha value is -1.46. The first kappa shape index (κ1) is 11.0. The number of nitrogens with zero attached hydrogens (tertiary/aromatic N) is 2. The summed E-state index contributed by atoms with van der Waals surface area (Å²) in [5, 5.41) is 12.7. The molecule has 0 bridgehead atoms. The first-order valence-electron chi connectivity index (χ1n) is 5.26. The summed E-state index contributed by atoms with van der Waals surface area (Å²) in [5.41, 5.74) is 0.545. The third-order valence-corrected chi connectivity index (χ3v) is 2.88. The summed E-state index contributed by atoms with van der Waals surface area (Å²) in [6.07, 6.45) is 2.67. The van der Waals surface area contributed by atoms with E-state index in [0.717, 1.165) is 0 Å². The fourth-order valence-corrected chi connectivity index (χ4v) is 1.89. The van der Waals surface area contributed by atoms with Gasteiger partial charge < -0.3 is 15.3 Å². The Kier molecular flexibility index (Phi) is 3.17. The number of rotatable bonds is 2. The highest BCUT2D eigenvalue weighted by Crippen LogP contribution is 2.11. The maximum atomic E-state index is 12.0. The molecule has 5 heteroatoms. The van der Waals surface area contributed by atoms with Gasteiger partial charge in [-0.25, -0.2) is 0 Å². The summed E-state index contributed by atoms with van der Waals surface area (Å²) in [5.74, 6) is -0.110. The van der Waals surface area contributed by atoms with Crippen molar-refractivity contribution in [2.24, 2.45) is 0 Å². The van der Waals surface area contributed by atoms with Gasteiger partial charge >= 0.3 is 0 Å². The molecule has 0 radical (unpaired) electrons. The molecule has 0 unspecified atom stereocenters. The molecular formula is C11H15N3O2. The number of hydrogen-bond donors (Lipinski definition) is 2. The molecule has 0 aliphatic carbocycles. The number of aromatic nitrogens is 1. The lowest BCUT2D eigenvalue weighted by molar-refractivity contribution is 0.0581. The van der Waals surface area contributed by atoms with Crippen LogP contribution in [0.4, 0.5) is 0 Å². The van der Waals surface area contributed by atoms with Crippen molar-refractivity contribution in [3.05, 3.63) is 30.1 Å². The van der Waals surface area contributed by atoms with Crippen LogP contribution in [-0.2, 0) is 0 Å². The molecule has 0 saturated carbocycles. The minimum Gasteiger partial charge on any atom is -0.390 e. The van der Waals surface area contributed by atoms with Crippen LogP contribution in [0.5, 0.6) is 0 Å². The Labute approximate surface area is 94.1 Å². The average molecular weight is 221 g/mol. The van der Waals surface area contributed by atoms with Crippen LogP contribution < -0.4 is 5.32 Å². The van der Waals surface area contributed by atoms with Crippen LogP contribution in [0.2, 0.25) is 0 Å². The van der Waals surface area contributed by atoms with Crippen molar-refractivity contribution < 1.29 is 9.90 Å². The molecule has 5 nitrogen and oxygen atoms in total. The summed E-state index contributed by atoms with van der Waals surface area (Å²) < 4.78 is 0. The van der Waals surface area contributed by atoms with E-state index in [0.29, 0.717) is 18.7 Å². The van der Waals surface area contributed by atoms with E-state index in [4.69, 9.17) is 0 Å². The van der Waals surface area contributed by atoms with Crippen molar-refractivity contribution in [3.8, 4) is 0 Å². The van der Waals surface area contributed by atoms with Crippen LogP contribution in [0, 0.1) is 0 Å². The Balaban J connectivity index is 2.10. The van der Waals surface area contributed by atoms with E-state index in [2.05, 4.69) is 10.3 Å². The normalized spacial score (nSPS) is 24.4. The molecule has 2 heterocycles. The Bertz CT molecular complexity index is 369. The lowest BCUT2D eigenvalue weighted by atomic mass is 10.1. The van der Waals surface area contributed by atoms with Gasteiger partial charge in [0, 0.05) is 32.5 Å². The minimum absolute atomic E-state index is 0.110. The van der Waals surface area contributed by atoms with Crippen LogP contribution in [0.1, 0.15) is 10.4 Å². The predicted octanol–water partition coefficient (Wildman–Crippen LogP) is -0.514. The van der Waals surface area contributed by atoms with E-state index in [9.17, 15) is 9.90 Å². The van der Waals surface area contributed by atoms with Crippen LogP contribution >= 0.6 is 0 Å². The Morgan fingerprint density at radius 2 is 2.44 bits per heavy atom. The topological polar surface area (TPSA) is 65.5 Å². The van der Waals surface area contributed by atoms with Crippen molar-refractivity contribution in [1.82, 2.24) is 15.2 Å². The first-order chi connectivity index (χ1) is 7.70. The van der Waals surface area contributed by atoms with Gasteiger partial charge in [-0.05, 0) is 12.1 Å². The van der Waals surface area contributed by atoms with Gasteiger partial charge in [-0.2, -0.15) is 0 Å². The highest BCUT2D eigenvalue weighted by molar-refractivity contribution is 5.94. The fraction of sp³-hybridized carbons (Fsp3) is 0.455. The third-order valence-electron chi connectivity index (χ3n) is 2.88. The molecule has 1 aliphatic rings. The highest BCUT2D eigenvalue weighted by Gasteiger charge is 2.31. The van der Waals surface area contributed by atoms with Gasteiger partial charge in [-0.15, -0.1) is 0 Å². The molecule has 1 aliphatic heterocycles. The van der Waals surface area contributed by atoms with Crippen LogP contribution in [-0.4, -0.2) is 53.2 Å². The Morgan fingerprint density at radius 3 is 3.00 bits per heavy atom. The monoisotopic (exact) mass is 221 g/mol. The number of pyridine rings is 1. The molecule has 2 atom stereocenters. The molecule has 16 heavy (non-hydrogen) atoms. The zero-order valence-electron chi connectivity index (χ0n) is 9.13. The summed E-state index contributed by atoms with van der Waals surface area (Å²) >= 11 is 0. The minimum atomic E-state index is -0.495. The number of aliphatic hydroxyl groups is 1. The standard InChI is InChI=1S/C11H15N3O2/c1-14(9-6-13-7-10(9)15)11(16)8-3-2-4-12-5-8/h2-5,9-10,13,15H,6-7H2,1H3/t9-,10-/m0/s1. The third kappa shape index (κ3) is 2.05. The van der Waals surface area contributed by atoms with E-state index >= 15 is 0 Å². The maximum absolute atomic E-state index is 12.0. The van der Waals surface area contributed by atoms with Crippen molar-refractivity contribution in [2.45, 2.75) is 12.1 Å². The van der Waals surface area contributed by atoms with Crippen LogP contribution in [0.15, 0.2) is 24.5 Å². The van der Waals surface area contributed by atoms with E-state index in [1.807, 2.05) is 0 Å². The van der Waals surface area contributed by atoms with Gasteiger partial charge in [0.2, 0.25) is 0 Å². The number of β-amino-alcohol motifs (C(OH)–C–C–N with tert-alkyl or cyclic N) is 1. The molecule has 1 fully saturated rings. The van der Waals surface area contributed by atoms with Crippen LogP contribution in [0.3, 0.4) is 0 Å². The van der Waals surface area contributed by atoms with Crippen molar-refractivity contribution >= 4 is 5.91 Å². The van der Waals surface area contributed by atoms with E-state index in [1.165, 1.54) is 6.20 Å². The van der Waals surface area contributed by atoms with Gasteiger partial charge in [0.05, 0.1) is 17.7 Å². The van der Waals surface area contributed by atoms with Crippen molar-refractivity contribution in [1.29, 1.82) is 0 Å². The quantitative estimate of drug-likeness (QED) is 0.705. The maximum Gasteiger partial charge on any atom is 0.255 e. The van der Waals surface area contributed by atoms with Crippen molar-refractivity contribution in [3.63, 3.8) is 0 Å². The number of amides is 1. The van der Waals surface area contributed by atoms with Crippen molar-refractivity contribution in [2.75, 3.05) is 20.1 Å². The largest absolute Gasteiger partial charge is 0.390 e. The molecular weight excluding hydrogens is 206 g/mol. The van der Waals surface area contributed by atoms with E-state index < -0.39 is 6.10 Å². The van der Waals surface area contributed by atoms with E-state index in [1.54, 1.807) is 30.3 Å². The van der Waals surface area contributed by atoms with Gasteiger partial charge in [0.1, 0.15) is 0 Å². The summed E-state index contributed by atoms with van der Waals surface area (Å²) in [6, 6.07) is 3.29. The Morgan fingerprint density at radius 1 is 1.62 bits per heavy atom. The van der Waals surface area contributed by atoms with Gasteiger partial charge in [0.15, 0.2) is 0 Å². The number of aliphatic hydroxyl groups excluding tert-OH is 1. The van der Waals surface area contributed by atoms with Gasteiger partial charge in [-0.1, -0.05) is 0 Å². The second kappa shape index (κ2) is 4.59. The zero-order chi connectivity index (χ0) is 11.5. The summed E-state index contributed by atoms with van der Waals surface area (Å²) in [6.45, 7) is 1.17. The second-order valence-corrected chi connectivity index (χ2v) is 3.95. The number of likely N-dealkylation sites (N-methyl/N-ethyl adjacent to an activating group) is 1. The van der Waals surface area contributed by atoms with Gasteiger partial charge in [0.25, 0.3) is 5.91 Å². The lowest BCUT2D eigenvalue weighted by Gasteiger charge is -2.26. The molecule has 1 aromatic rings. The van der Waals surface area contributed by atoms with Gasteiger partial charge in [-0.3, -0.25) is 9.78 Å². The fourth-order valence-electron chi connectivity index (χ4n) is 1.89. The molecule has 1 aromatic heterocycles. The SMILES string of the molecule is CN(C(=O)c1cccnc1)[C@H]1CNC[C@@H]1O. The molecule has 86 valence electrons. The average Bonchev–Trinajstić information content (AvgIpc) is 2.75. The smallest absolute Gasteiger partial charge is 0.255 e. The highest BCUT2D eigenvalue weighted by atomic mass is 16.3. The molecule has 2 N–H and O–H groups in total. The molecule has 1 saturated heterocycles. The predicted molar refractivity (Wildman–Crippen MR) is 59.0 cm³/mol. The molecule has 1 amide bonds.